The van der Waals surface area contributed by atoms with Gasteiger partial charge in [-0.1, -0.05) is 68.5 Å². The molecule has 43 heavy (non-hydrogen) atoms. The number of rotatable bonds is 0. The summed E-state index contributed by atoms with van der Waals surface area (Å²) in [5, 5.41) is 4.46. The molecule has 2 aromatic heterocycles. The molecule has 0 saturated carbocycles. The molecular formula is C35H20N8+2. The highest BCUT2D eigenvalue weighted by Gasteiger charge is 2.69. The molecule has 0 bridgehead atoms. The molecule has 1 atom stereocenters. The maximum absolute atomic E-state index is 5.50. The van der Waals surface area contributed by atoms with E-state index in [0.29, 0.717) is 0 Å². The molecule has 6 aliphatic heterocycles. The predicted octanol–water partition coefficient (Wildman–Crippen LogP) is 4.32. The van der Waals surface area contributed by atoms with Crippen LogP contribution in [0.2, 0.25) is 0 Å². The van der Waals surface area contributed by atoms with Crippen molar-refractivity contribution in [2.75, 3.05) is 0 Å². The standard InChI is InChI=1S/C35H20N8/c1-17-9-7-15-23-25(17)33-38-29-21-13-5-6-14-22(21)30-39-34-26-18(2)10-8-16-24(26)32-37-28-20-12-4-3-11-19(20)27-36-31(23)42(33)35(40(27)28,41(29)30)43(32)34/h3-16H,1-2H3/q+2. The summed E-state index contributed by atoms with van der Waals surface area (Å²) in [5.74, 6) is 4.49. The van der Waals surface area contributed by atoms with Crippen LogP contribution in [0.4, 0.5) is 11.6 Å². The summed E-state index contributed by atoms with van der Waals surface area (Å²) in [6.07, 6.45) is 0. The van der Waals surface area contributed by atoms with Gasteiger partial charge in [0.15, 0.2) is 0 Å². The minimum absolute atomic E-state index is 0.902. The average Bonchev–Trinajstić information content (AvgIpc) is 3.74. The van der Waals surface area contributed by atoms with E-state index in [1.54, 1.807) is 0 Å². The number of amidine groups is 4. The van der Waals surface area contributed by atoms with Crippen molar-refractivity contribution < 1.29 is 9.15 Å². The highest BCUT2D eigenvalue weighted by atomic mass is 15.7. The van der Waals surface area contributed by atoms with Crippen molar-refractivity contribution in [3.8, 4) is 0 Å². The molecular weight excluding hydrogens is 532 g/mol. The first-order valence-electron chi connectivity index (χ1n) is 14.6. The van der Waals surface area contributed by atoms with Crippen LogP contribution in [0.25, 0.3) is 21.5 Å². The molecule has 0 radical (unpaired) electrons. The number of fused-ring (bicyclic) bond motifs is 12. The molecule has 12 rings (SSSR count). The van der Waals surface area contributed by atoms with E-state index >= 15 is 0 Å². The number of hydrogen-bond donors (Lipinski definition) is 0. The minimum atomic E-state index is -0.938. The molecule has 0 aliphatic carbocycles. The van der Waals surface area contributed by atoms with E-state index in [4.69, 9.17) is 20.0 Å². The van der Waals surface area contributed by atoms with Gasteiger partial charge in [-0.2, -0.15) is 9.13 Å². The van der Waals surface area contributed by atoms with Crippen molar-refractivity contribution in [2.45, 2.75) is 19.8 Å². The second-order valence-electron chi connectivity index (χ2n) is 12.1. The third-order valence-corrected chi connectivity index (χ3v) is 10.0. The lowest BCUT2D eigenvalue weighted by Gasteiger charge is -2.40. The van der Waals surface area contributed by atoms with Crippen molar-refractivity contribution in [2.24, 2.45) is 20.0 Å². The van der Waals surface area contributed by atoms with Crippen LogP contribution in [0.15, 0.2) is 105 Å². The first-order chi connectivity index (χ1) is 21.2. The fraction of sp³-hybridized carbons (Fsp3) is 0.0857. The van der Waals surface area contributed by atoms with E-state index in [1.165, 1.54) is 11.1 Å². The number of benzene rings is 4. The summed E-state index contributed by atoms with van der Waals surface area (Å²) >= 11 is 0. The molecule has 6 aromatic rings. The fourth-order valence-corrected chi connectivity index (χ4v) is 8.41. The zero-order valence-corrected chi connectivity index (χ0v) is 23.2. The molecule has 0 amide bonds. The van der Waals surface area contributed by atoms with Crippen LogP contribution in [0, 0.1) is 13.8 Å². The number of aromatic nitrogens is 2. The van der Waals surface area contributed by atoms with E-state index in [9.17, 15) is 0 Å². The Labute approximate surface area is 243 Å². The molecule has 4 aromatic carbocycles. The van der Waals surface area contributed by atoms with Crippen molar-refractivity contribution in [3.63, 3.8) is 0 Å². The van der Waals surface area contributed by atoms with Gasteiger partial charge in [0.1, 0.15) is 0 Å². The first-order valence-corrected chi connectivity index (χ1v) is 14.6. The Kier molecular flexibility index (Phi) is 3.10. The average molecular weight is 553 g/mol. The third kappa shape index (κ3) is 1.93. The van der Waals surface area contributed by atoms with Gasteiger partial charge in [0.05, 0.1) is 33.0 Å². The van der Waals surface area contributed by atoms with Gasteiger partial charge in [-0.25, -0.2) is 0 Å². The molecule has 6 aliphatic rings. The topological polar surface area (TPSA) is 65.3 Å². The van der Waals surface area contributed by atoms with Crippen molar-refractivity contribution >= 4 is 56.5 Å². The van der Waals surface area contributed by atoms with Crippen molar-refractivity contribution in [3.05, 3.63) is 129 Å². The Bertz CT molecular complexity index is 2750. The van der Waals surface area contributed by atoms with E-state index in [0.717, 1.165) is 89.8 Å². The van der Waals surface area contributed by atoms with Crippen molar-refractivity contribution in [1.82, 2.24) is 9.13 Å². The summed E-state index contributed by atoms with van der Waals surface area (Å²) < 4.78 is 9.42. The van der Waals surface area contributed by atoms with Crippen LogP contribution in [0.1, 0.15) is 33.4 Å². The molecule has 1 spiro atoms. The van der Waals surface area contributed by atoms with Crippen LogP contribution in [0.3, 0.4) is 0 Å². The summed E-state index contributed by atoms with van der Waals surface area (Å²) in [7, 11) is 0. The first kappa shape index (κ1) is 21.0. The van der Waals surface area contributed by atoms with Gasteiger partial charge in [-0.05, 0) is 61.4 Å². The van der Waals surface area contributed by atoms with Gasteiger partial charge in [0, 0.05) is 10.8 Å². The smallest absolute Gasteiger partial charge is 0.192 e. The van der Waals surface area contributed by atoms with Crippen molar-refractivity contribution in [1.29, 1.82) is 0 Å². The van der Waals surface area contributed by atoms with Crippen LogP contribution >= 0.6 is 0 Å². The predicted molar refractivity (Wildman–Crippen MR) is 163 cm³/mol. The van der Waals surface area contributed by atoms with Gasteiger partial charge in [0.25, 0.3) is 23.3 Å². The van der Waals surface area contributed by atoms with Gasteiger partial charge >= 0.3 is 5.91 Å². The molecule has 0 N–H and O–H groups in total. The second kappa shape index (κ2) is 6.34. The zero-order valence-electron chi connectivity index (χ0n) is 23.2. The number of aryl methyl sites for hydroxylation is 2. The lowest BCUT2D eigenvalue weighted by molar-refractivity contribution is -0.790. The maximum atomic E-state index is 5.50. The Hall–Kier alpha value is -5.76. The van der Waals surface area contributed by atoms with Gasteiger partial charge in [0.2, 0.25) is 22.6 Å². The van der Waals surface area contributed by atoms with Crippen LogP contribution < -0.4 is 11.0 Å². The van der Waals surface area contributed by atoms with E-state index in [1.807, 2.05) is 0 Å². The molecule has 1 unspecified atom stereocenters. The molecule has 8 heterocycles. The van der Waals surface area contributed by atoms with E-state index in [-0.39, 0.29) is 0 Å². The Morgan fingerprint density at radius 3 is 1.74 bits per heavy atom. The van der Waals surface area contributed by atoms with Crippen LogP contribution in [-0.2, 0) is 5.91 Å². The Morgan fingerprint density at radius 2 is 1.07 bits per heavy atom. The minimum Gasteiger partial charge on any atom is -0.192 e. The normalized spacial score (nSPS) is 20.4. The molecule has 0 saturated heterocycles. The van der Waals surface area contributed by atoms with Gasteiger partial charge in [-0.15, -0.1) is 9.15 Å². The molecule has 8 nitrogen and oxygen atoms in total. The van der Waals surface area contributed by atoms with E-state index < -0.39 is 5.91 Å². The van der Waals surface area contributed by atoms with Crippen LogP contribution in [0.5, 0.6) is 0 Å². The third-order valence-electron chi connectivity index (χ3n) is 10.0. The number of hydrogen-bond acceptors (Lipinski definition) is 4. The molecule has 8 heteroatoms. The summed E-state index contributed by atoms with van der Waals surface area (Å²) in [5.41, 5.74) is 8.53. The maximum Gasteiger partial charge on any atom is 0.404 e. The summed E-state index contributed by atoms with van der Waals surface area (Å²) in [6.45, 7) is 4.35. The lowest BCUT2D eigenvalue weighted by atomic mass is 10.1. The quantitative estimate of drug-likeness (QED) is 0.252. The Morgan fingerprint density at radius 1 is 0.512 bits per heavy atom. The lowest BCUT2D eigenvalue weighted by Crippen LogP contribution is -2.71. The fourth-order valence-electron chi connectivity index (χ4n) is 8.41. The SMILES string of the molecule is Cc1cccc2c3n4c(c12)N=C1c2ccccc2C2=[N+]1C41n4c(c5cccc(C)c5c4=N2)=NC2=[N+]1C(=N3)c1ccccc12. The number of aliphatic imine (C=N–C) groups is 2. The Balaban J connectivity index is 1.46. The number of nitrogens with zero attached hydrogens (tertiary/aromatic N) is 8. The highest BCUT2D eigenvalue weighted by Crippen LogP contribution is 2.53. The largest absolute Gasteiger partial charge is 0.404 e. The van der Waals surface area contributed by atoms with Gasteiger partial charge < -0.3 is 0 Å². The molecule has 198 valence electrons. The van der Waals surface area contributed by atoms with Gasteiger partial charge in [-0.3, -0.25) is 0 Å². The van der Waals surface area contributed by atoms with Crippen LogP contribution in [-0.4, -0.2) is 41.6 Å². The molecule has 0 fully saturated rings. The summed E-state index contributed by atoms with van der Waals surface area (Å²) in [6, 6.07) is 30.1. The second-order valence-corrected chi connectivity index (χ2v) is 12.1. The monoisotopic (exact) mass is 552 g/mol. The van der Waals surface area contributed by atoms with E-state index in [2.05, 4.69) is 117 Å². The zero-order chi connectivity index (χ0) is 27.9. The highest BCUT2D eigenvalue weighted by molar-refractivity contribution is 6.20. The summed E-state index contributed by atoms with van der Waals surface area (Å²) in [4.78, 5) is 21.9.